The number of rotatable bonds is 10. The molecule has 0 spiro atoms. The lowest BCUT2D eigenvalue weighted by molar-refractivity contribution is -0.932. The van der Waals surface area contributed by atoms with Crippen molar-refractivity contribution in [2.45, 2.75) is 31.4 Å². The zero-order valence-corrected chi connectivity index (χ0v) is 18.3. The highest BCUT2D eigenvalue weighted by Crippen LogP contribution is 2.26. The van der Waals surface area contributed by atoms with Crippen molar-refractivity contribution in [2.24, 2.45) is 0 Å². The third kappa shape index (κ3) is 6.04. The fourth-order valence-corrected chi connectivity index (χ4v) is 4.96. The van der Waals surface area contributed by atoms with Crippen LogP contribution < -0.4 is 0 Å². The lowest BCUT2D eigenvalue weighted by atomic mass is 9.92. The van der Waals surface area contributed by atoms with Gasteiger partial charge < -0.3 is 14.3 Å². The first-order chi connectivity index (χ1) is 15.2. The van der Waals surface area contributed by atoms with Gasteiger partial charge in [0.25, 0.3) is 0 Å². The van der Waals surface area contributed by atoms with Crippen LogP contribution in [0.15, 0.2) is 91.0 Å². The van der Waals surface area contributed by atoms with Crippen LogP contribution in [0.4, 0.5) is 0 Å². The third-order valence-corrected chi connectivity index (χ3v) is 6.47. The van der Waals surface area contributed by atoms with E-state index in [1.54, 1.807) is 0 Å². The Morgan fingerprint density at radius 2 is 1.23 bits per heavy atom. The topological polar surface area (TPSA) is 29.5 Å². The molecule has 3 aromatic carbocycles. The second kappa shape index (κ2) is 10.7. The van der Waals surface area contributed by atoms with E-state index in [9.17, 15) is 5.11 Å². The van der Waals surface area contributed by atoms with Gasteiger partial charge in [-0.3, -0.25) is 0 Å². The summed E-state index contributed by atoms with van der Waals surface area (Å²) in [6.07, 6.45) is 2.03. The molecule has 1 N–H and O–H groups in total. The molecule has 3 heteroatoms. The number of quaternary nitrogens is 1. The lowest BCUT2D eigenvalue weighted by Crippen LogP contribution is -2.50. The molecular weight excluding hydrogens is 382 g/mol. The number of benzene rings is 3. The molecule has 0 unspecified atom stereocenters. The SMILES string of the molecule is O[C@H](COCC(c1ccccc1)c1ccccc1)C[N+]1(Cc2ccccc2)CCCC1. The molecule has 4 rings (SSSR count). The summed E-state index contributed by atoms with van der Waals surface area (Å²) in [6, 6.07) is 31.7. The van der Waals surface area contributed by atoms with Crippen molar-refractivity contribution in [3.8, 4) is 0 Å². The molecule has 3 aromatic rings. The maximum atomic E-state index is 10.9. The van der Waals surface area contributed by atoms with Gasteiger partial charge in [0.2, 0.25) is 0 Å². The molecule has 0 aliphatic carbocycles. The summed E-state index contributed by atoms with van der Waals surface area (Å²) >= 11 is 0. The van der Waals surface area contributed by atoms with Gasteiger partial charge in [0, 0.05) is 24.3 Å². The van der Waals surface area contributed by atoms with Crippen molar-refractivity contribution in [2.75, 3.05) is 32.8 Å². The fraction of sp³-hybridized carbons (Fsp3) is 0.357. The molecule has 1 aliphatic heterocycles. The molecule has 0 radical (unpaired) electrons. The Morgan fingerprint density at radius 3 is 1.77 bits per heavy atom. The van der Waals surface area contributed by atoms with Gasteiger partial charge in [0.15, 0.2) is 0 Å². The molecular formula is C28H34NO2+. The predicted molar refractivity (Wildman–Crippen MR) is 126 cm³/mol. The number of ether oxygens (including phenoxy) is 1. The van der Waals surface area contributed by atoms with Crippen LogP contribution in [-0.4, -0.2) is 48.5 Å². The van der Waals surface area contributed by atoms with E-state index in [2.05, 4.69) is 78.9 Å². The van der Waals surface area contributed by atoms with E-state index in [0.29, 0.717) is 13.2 Å². The Hall–Kier alpha value is -2.46. The summed E-state index contributed by atoms with van der Waals surface area (Å²) in [5, 5.41) is 10.9. The number of hydrogen-bond acceptors (Lipinski definition) is 2. The summed E-state index contributed by atoms with van der Waals surface area (Å²) in [6.45, 7) is 4.99. The first-order valence-electron chi connectivity index (χ1n) is 11.5. The van der Waals surface area contributed by atoms with E-state index < -0.39 is 6.10 Å². The quantitative estimate of drug-likeness (QED) is 0.471. The van der Waals surface area contributed by atoms with Crippen molar-refractivity contribution in [1.29, 1.82) is 0 Å². The average molecular weight is 417 g/mol. The molecule has 1 heterocycles. The monoisotopic (exact) mass is 416 g/mol. The van der Waals surface area contributed by atoms with E-state index in [1.807, 2.05) is 12.1 Å². The number of nitrogens with zero attached hydrogens (tertiary/aromatic N) is 1. The fourth-order valence-electron chi connectivity index (χ4n) is 4.96. The van der Waals surface area contributed by atoms with Crippen LogP contribution in [-0.2, 0) is 11.3 Å². The smallest absolute Gasteiger partial charge is 0.126 e. The molecule has 0 bridgehead atoms. The standard InChI is InChI=1S/C28H34NO2/c30-27(21-29(18-10-11-19-29)20-24-12-4-1-5-13-24)22-31-23-28(25-14-6-2-7-15-25)26-16-8-3-9-17-26/h1-9,12-17,27-28,30H,10-11,18-23H2/q+1/t27-/m0/s1. The van der Waals surface area contributed by atoms with Crippen molar-refractivity contribution in [3.63, 3.8) is 0 Å². The molecule has 1 fully saturated rings. The predicted octanol–water partition coefficient (Wildman–Crippen LogP) is 5.01. The van der Waals surface area contributed by atoms with Crippen molar-refractivity contribution in [3.05, 3.63) is 108 Å². The Kier molecular flexibility index (Phi) is 7.52. The minimum absolute atomic E-state index is 0.175. The normalized spacial score (nSPS) is 16.5. The van der Waals surface area contributed by atoms with E-state index in [1.165, 1.54) is 29.5 Å². The largest absolute Gasteiger partial charge is 0.385 e. The molecule has 31 heavy (non-hydrogen) atoms. The summed E-state index contributed by atoms with van der Waals surface area (Å²) in [5.41, 5.74) is 3.84. The summed E-state index contributed by atoms with van der Waals surface area (Å²) in [5.74, 6) is 0.175. The first kappa shape index (κ1) is 21.8. The van der Waals surface area contributed by atoms with Gasteiger partial charge in [0.05, 0.1) is 26.3 Å². The number of hydrogen-bond donors (Lipinski definition) is 1. The Bertz CT molecular complexity index is 853. The van der Waals surface area contributed by atoms with Crippen LogP contribution in [0.3, 0.4) is 0 Å². The van der Waals surface area contributed by atoms with Gasteiger partial charge in [-0.25, -0.2) is 0 Å². The van der Waals surface area contributed by atoms with E-state index in [-0.39, 0.29) is 5.92 Å². The molecule has 1 aliphatic rings. The molecule has 0 saturated carbocycles. The summed E-state index contributed by atoms with van der Waals surface area (Å²) in [7, 11) is 0. The highest BCUT2D eigenvalue weighted by atomic mass is 16.5. The van der Waals surface area contributed by atoms with Gasteiger partial charge in [0.1, 0.15) is 19.2 Å². The molecule has 3 nitrogen and oxygen atoms in total. The Balaban J connectivity index is 1.36. The van der Waals surface area contributed by atoms with E-state index >= 15 is 0 Å². The Morgan fingerprint density at radius 1 is 0.710 bits per heavy atom. The van der Waals surface area contributed by atoms with Gasteiger partial charge >= 0.3 is 0 Å². The van der Waals surface area contributed by atoms with Crippen LogP contribution in [0.25, 0.3) is 0 Å². The van der Waals surface area contributed by atoms with Gasteiger partial charge in [-0.1, -0.05) is 91.0 Å². The van der Waals surface area contributed by atoms with Crippen LogP contribution in [0, 0.1) is 0 Å². The van der Waals surface area contributed by atoms with Crippen LogP contribution in [0.1, 0.15) is 35.4 Å². The average Bonchev–Trinajstić information content (AvgIpc) is 3.26. The van der Waals surface area contributed by atoms with Gasteiger partial charge in [-0.05, 0) is 11.1 Å². The van der Waals surface area contributed by atoms with Crippen LogP contribution in [0.2, 0.25) is 0 Å². The second-order valence-electron chi connectivity index (χ2n) is 8.89. The number of likely N-dealkylation sites (tertiary alicyclic amines) is 1. The lowest BCUT2D eigenvalue weighted by Gasteiger charge is -2.36. The molecule has 1 atom stereocenters. The zero-order chi connectivity index (χ0) is 21.4. The molecule has 0 amide bonds. The molecule has 162 valence electrons. The summed E-state index contributed by atoms with van der Waals surface area (Å²) < 4.78 is 7.08. The van der Waals surface area contributed by atoms with Crippen LogP contribution in [0.5, 0.6) is 0 Å². The van der Waals surface area contributed by atoms with Crippen molar-refractivity contribution < 1.29 is 14.3 Å². The third-order valence-electron chi connectivity index (χ3n) is 6.47. The number of aliphatic hydroxyl groups excluding tert-OH is 1. The maximum Gasteiger partial charge on any atom is 0.126 e. The molecule has 0 aromatic heterocycles. The van der Waals surface area contributed by atoms with Crippen molar-refractivity contribution in [1.82, 2.24) is 0 Å². The zero-order valence-electron chi connectivity index (χ0n) is 18.3. The van der Waals surface area contributed by atoms with Gasteiger partial charge in [-0.15, -0.1) is 0 Å². The summed E-state index contributed by atoms with van der Waals surface area (Å²) in [4.78, 5) is 0. The van der Waals surface area contributed by atoms with Crippen LogP contribution >= 0.6 is 0 Å². The number of aliphatic hydroxyl groups is 1. The minimum Gasteiger partial charge on any atom is -0.385 e. The maximum absolute atomic E-state index is 10.9. The van der Waals surface area contributed by atoms with Crippen molar-refractivity contribution >= 4 is 0 Å². The second-order valence-corrected chi connectivity index (χ2v) is 8.89. The first-order valence-corrected chi connectivity index (χ1v) is 11.5. The van der Waals surface area contributed by atoms with E-state index in [0.717, 1.165) is 30.7 Å². The minimum atomic E-state index is -0.450. The van der Waals surface area contributed by atoms with Gasteiger partial charge in [-0.2, -0.15) is 0 Å². The van der Waals surface area contributed by atoms with E-state index in [4.69, 9.17) is 4.74 Å². The highest BCUT2D eigenvalue weighted by molar-refractivity contribution is 5.32. The highest BCUT2D eigenvalue weighted by Gasteiger charge is 2.34. The molecule has 1 saturated heterocycles. The Labute approximate surface area is 186 Å².